The van der Waals surface area contributed by atoms with Gasteiger partial charge in [-0.15, -0.1) is 11.8 Å². The van der Waals surface area contributed by atoms with Crippen molar-refractivity contribution in [1.82, 2.24) is 9.80 Å². The first kappa shape index (κ1) is 19.0. The van der Waals surface area contributed by atoms with E-state index in [0.717, 1.165) is 38.8 Å². The number of rotatable bonds is 4. The van der Waals surface area contributed by atoms with Crippen LogP contribution in [0.15, 0.2) is 0 Å². The lowest BCUT2D eigenvalue weighted by molar-refractivity contribution is -0.157. The number of carbonyl (C=O) groups is 2. The quantitative estimate of drug-likeness (QED) is 0.714. The summed E-state index contributed by atoms with van der Waals surface area (Å²) in [6, 6.07) is -0.407. The normalized spacial score (nSPS) is 33.6. The Balaban J connectivity index is 1.76. The molecule has 1 aliphatic carbocycles. The van der Waals surface area contributed by atoms with E-state index in [1.54, 1.807) is 0 Å². The third-order valence-electron chi connectivity index (χ3n) is 5.95. The average molecular weight is 369 g/mol. The van der Waals surface area contributed by atoms with Crippen molar-refractivity contribution in [3.05, 3.63) is 0 Å². The van der Waals surface area contributed by atoms with Gasteiger partial charge in [0.1, 0.15) is 6.04 Å². The fraction of sp³-hybridized carbons (Fsp3) is 0.895. The van der Waals surface area contributed by atoms with Gasteiger partial charge in [0.25, 0.3) is 0 Å². The Kier molecular flexibility index (Phi) is 6.31. The van der Waals surface area contributed by atoms with Gasteiger partial charge in [-0.25, -0.2) is 4.79 Å². The van der Waals surface area contributed by atoms with Crippen LogP contribution in [0.2, 0.25) is 0 Å². The molecule has 2 heterocycles. The fourth-order valence-corrected chi connectivity index (χ4v) is 6.10. The maximum Gasteiger partial charge on any atom is 0.329 e. The SMILES string of the molecule is CCOC(=O)C1CSC2(CCC(C)CC2)N1C(=O)CN1CCCCC1. The minimum absolute atomic E-state index is 0.125. The van der Waals surface area contributed by atoms with Crippen molar-refractivity contribution >= 4 is 23.6 Å². The molecule has 0 radical (unpaired) electrons. The van der Waals surface area contributed by atoms with Crippen LogP contribution in [0.3, 0.4) is 0 Å². The maximum absolute atomic E-state index is 13.3. The van der Waals surface area contributed by atoms with Gasteiger partial charge in [-0.05, 0) is 64.5 Å². The molecule has 0 bridgehead atoms. The molecule has 1 atom stereocenters. The van der Waals surface area contributed by atoms with Gasteiger partial charge >= 0.3 is 5.97 Å². The van der Waals surface area contributed by atoms with Crippen LogP contribution >= 0.6 is 11.8 Å². The lowest BCUT2D eigenvalue weighted by Crippen LogP contribution is -2.56. The highest BCUT2D eigenvalue weighted by Gasteiger charge is 2.53. The van der Waals surface area contributed by atoms with Crippen LogP contribution in [0.1, 0.15) is 58.8 Å². The van der Waals surface area contributed by atoms with Crippen LogP contribution < -0.4 is 0 Å². The number of amides is 1. The van der Waals surface area contributed by atoms with Gasteiger partial charge < -0.3 is 9.64 Å². The number of esters is 1. The van der Waals surface area contributed by atoms with E-state index in [4.69, 9.17) is 4.74 Å². The fourth-order valence-electron chi connectivity index (χ4n) is 4.46. The Morgan fingerprint density at radius 1 is 1.16 bits per heavy atom. The molecule has 142 valence electrons. The number of hydrogen-bond acceptors (Lipinski definition) is 5. The Morgan fingerprint density at radius 2 is 1.84 bits per heavy atom. The summed E-state index contributed by atoms with van der Waals surface area (Å²) in [5.74, 6) is 1.29. The number of ether oxygens (including phenoxy) is 1. The molecule has 0 aromatic heterocycles. The molecule has 1 amide bonds. The van der Waals surface area contributed by atoms with Crippen LogP contribution in [-0.2, 0) is 14.3 Å². The van der Waals surface area contributed by atoms with Crippen molar-refractivity contribution in [3.63, 3.8) is 0 Å². The topological polar surface area (TPSA) is 49.9 Å². The molecule has 1 spiro atoms. The van der Waals surface area contributed by atoms with Crippen LogP contribution in [0.5, 0.6) is 0 Å². The van der Waals surface area contributed by atoms with Crippen LogP contribution in [0, 0.1) is 5.92 Å². The summed E-state index contributed by atoms with van der Waals surface area (Å²) in [6.07, 6.45) is 7.88. The number of piperidine rings is 1. The predicted molar refractivity (Wildman–Crippen MR) is 100 cm³/mol. The zero-order valence-corrected chi connectivity index (χ0v) is 16.5. The molecule has 25 heavy (non-hydrogen) atoms. The Hall–Kier alpha value is -0.750. The molecule has 1 unspecified atom stereocenters. The minimum atomic E-state index is -0.407. The molecule has 3 fully saturated rings. The average Bonchev–Trinajstić information content (AvgIpc) is 2.98. The first-order valence-electron chi connectivity index (χ1n) is 9.91. The minimum Gasteiger partial charge on any atom is -0.464 e. The van der Waals surface area contributed by atoms with Crippen molar-refractivity contribution in [3.8, 4) is 0 Å². The maximum atomic E-state index is 13.3. The van der Waals surface area contributed by atoms with Crippen molar-refractivity contribution in [1.29, 1.82) is 0 Å². The number of likely N-dealkylation sites (tertiary alicyclic amines) is 1. The van der Waals surface area contributed by atoms with Crippen molar-refractivity contribution in [2.75, 3.05) is 32.0 Å². The molecular formula is C19H32N2O3S. The second-order valence-corrected chi connectivity index (χ2v) is 9.19. The summed E-state index contributed by atoms with van der Waals surface area (Å²) in [5.41, 5.74) is 0. The standard InChI is InChI=1S/C19H32N2O3S/c1-3-24-18(23)16-14-25-19(9-7-15(2)8-10-19)21(16)17(22)13-20-11-5-4-6-12-20/h15-16H,3-14H2,1-2H3. The summed E-state index contributed by atoms with van der Waals surface area (Å²) in [7, 11) is 0. The van der Waals surface area contributed by atoms with Crippen LogP contribution in [0.25, 0.3) is 0 Å². The zero-order valence-electron chi connectivity index (χ0n) is 15.7. The van der Waals surface area contributed by atoms with E-state index >= 15 is 0 Å². The van der Waals surface area contributed by atoms with Gasteiger partial charge in [0.2, 0.25) is 5.91 Å². The molecule has 0 aromatic carbocycles. The molecular weight excluding hydrogens is 336 g/mol. The monoisotopic (exact) mass is 368 g/mol. The summed E-state index contributed by atoms with van der Waals surface area (Å²) in [4.78, 5) is 29.8. The van der Waals surface area contributed by atoms with Crippen LogP contribution in [-0.4, -0.2) is 64.6 Å². The second-order valence-electron chi connectivity index (χ2n) is 7.81. The number of thioether (sulfide) groups is 1. The largest absolute Gasteiger partial charge is 0.464 e. The van der Waals surface area contributed by atoms with E-state index in [1.807, 2.05) is 23.6 Å². The smallest absolute Gasteiger partial charge is 0.329 e. The molecule has 6 heteroatoms. The number of hydrogen-bond donors (Lipinski definition) is 0. The first-order valence-corrected chi connectivity index (χ1v) is 10.9. The van der Waals surface area contributed by atoms with Crippen LogP contribution in [0.4, 0.5) is 0 Å². The second kappa shape index (κ2) is 8.30. The third-order valence-corrected chi connectivity index (χ3v) is 7.58. The summed E-state index contributed by atoms with van der Waals surface area (Å²) in [6.45, 7) is 6.95. The Labute approximate surface area is 155 Å². The molecule has 0 N–H and O–H groups in total. The molecule has 1 saturated carbocycles. The molecule has 0 aromatic rings. The van der Waals surface area contributed by atoms with Gasteiger partial charge in [-0.1, -0.05) is 13.3 Å². The van der Waals surface area contributed by atoms with Crippen molar-refractivity contribution in [2.24, 2.45) is 5.92 Å². The first-order chi connectivity index (χ1) is 12.1. The highest BCUT2D eigenvalue weighted by Crippen LogP contribution is 2.50. The van der Waals surface area contributed by atoms with Gasteiger partial charge in [-0.2, -0.15) is 0 Å². The van der Waals surface area contributed by atoms with Gasteiger partial charge in [0.15, 0.2) is 0 Å². The lowest BCUT2D eigenvalue weighted by Gasteiger charge is -2.44. The predicted octanol–water partition coefficient (Wildman–Crippen LogP) is 2.89. The Bertz CT molecular complexity index is 485. The van der Waals surface area contributed by atoms with E-state index in [1.165, 1.54) is 19.3 Å². The summed E-state index contributed by atoms with van der Waals surface area (Å²) in [5, 5.41) is 0. The van der Waals surface area contributed by atoms with E-state index in [-0.39, 0.29) is 16.7 Å². The highest BCUT2D eigenvalue weighted by atomic mass is 32.2. The number of nitrogens with zero attached hydrogens (tertiary/aromatic N) is 2. The lowest BCUT2D eigenvalue weighted by atomic mass is 9.85. The Morgan fingerprint density at radius 3 is 2.48 bits per heavy atom. The highest BCUT2D eigenvalue weighted by molar-refractivity contribution is 8.01. The van der Waals surface area contributed by atoms with E-state index in [2.05, 4.69) is 11.8 Å². The molecule has 3 rings (SSSR count). The molecule has 2 saturated heterocycles. The number of carbonyl (C=O) groups excluding carboxylic acids is 2. The molecule has 5 nitrogen and oxygen atoms in total. The van der Waals surface area contributed by atoms with Gasteiger partial charge in [0.05, 0.1) is 18.0 Å². The van der Waals surface area contributed by atoms with Crippen molar-refractivity contribution in [2.45, 2.75) is 69.7 Å². The van der Waals surface area contributed by atoms with Crippen molar-refractivity contribution < 1.29 is 14.3 Å². The zero-order chi connectivity index (χ0) is 17.9. The summed E-state index contributed by atoms with van der Waals surface area (Å²) < 4.78 is 5.29. The van der Waals surface area contributed by atoms with E-state index in [0.29, 0.717) is 24.8 Å². The summed E-state index contributed by atoms with van der Waals surface area (Å²) >= 11 is 1.81. The van der Waals surface area contributed by atoms with Gasteiger partial charge in [0, 0.05) is 5.75 Å². The molecule has 3 aliphatic rings. The third kappa shape index (κ3) is 4.16. The van der Waals surface area contributed by atoms with Gasteiger partial charge in [-0.3, -0.25) is 9.69 Å². The van der Waals surface area contributed by atoms with E-state index in [9.17, 15) is 9.59 Å². The van der Waals surface area contributed by atoms with E-state index < -0.39 is 6.04 Å². The molecule has 2 aliphatic heterocycles.